The third kappa shape index (κ3) is 5.77. The van der Waals surface area contributed by atoms with Crippen LogP contribution in [0.1, 0.15) is 33.3 Å². The maximum Gasteiger partial charge on any atom is 0.234 e. The molecule has 1 aromatic rings. The Morgan fingerprint density at radius 2 is 1.94 bits per heavy atom. The standard InChI is InChI=1S/C14H23N3O/c1-5-17(10-12-6-8-15-9-7-12)11-13(18)16-14(2,3)4/h6-9H,5,10-11H2,1-4H3,(H,16,18). The summed E-state index contributed by atoms with van der Waals surface area (Å²) in [5.74, 6) is 0.0680. The fraction of sp³-hybridized carbons (Fsp3) is 0.571. The maximum absolute atomic E-state index is 11.9. The van der Waals surface area contributed by atoms with Crippen LogP contribution in [0.25, 0.3) is 0 Å². The summed E-state index contributed by atoms with van der Waals surface area (Å²) in [7, 11) is 0. The molecule has 0 saturated carbocycles. The number of likely N-dealkylation sites (N-methyl/N-ethyl adjacent to an activating group) is 1. The van der Waals surface area contributed by atoms with Crippen LogP contribution in [-0.4, -0.2) is 34.4 Å². The minimum absolute atomic E-state index is 0.0680. The summed E-state index contributed by atoms with van der Waals surface area (Å²) in [5.41, 5.74) is 1.00. The monoisotopic (exact) mass is 249 g/mol. The summed E-state index contributed by atoms with van der Waals surface area (Å²) in [5, 5.41) is 2.98. The lowest BCUT2D eigenvalue weighted by Gasteiger charge is -2.24. The second-order valence-electron chi connectivity index (χ2n) is 5.46. The molecular formula is C14H23N3O. The molecule has 0 radical (unpaired) electrons. The van der Waals surface area contributed by atoms with Gasteiger partial charge in [-0.2, -0.15) is 0 Å². The third-order valence-corrected chi connectivity index (χ3v) is 2.48. The summed E-state index contributed by atoms with van der Waals surface area (Å²) in [4.78, 5) is 18.0. The van der Waals surface area contributed by atoms with E-state index in [0.717, 1.165) is 13.1 Å². The molecular weight excluding hydrogens is 226 g/mol. The first-order chi connectivity index (χ1) is 8.40. The molecule has 0 aliphatic rings. The number of nitrogens with one attached hydrogen (secondary N) is 1. The lowest BCUT2D eigenvalue weighted by atomic mass is 10.1. The van der Waals surface area contributed by atoms with E-state index in [9.17, 15) is 4.79 Å². The number of rotatable bonds is 5. The predicted octanol–water partition coefficient (Wildman–Crippen LogP) is 1.82. The molecule has 0 aliphatic carbocycles. The molecule has 1 aromatic heterocycles. The smallest absolute Gasteiger partial charge is 0.234 e. The molecule has 1 N–H and O–H groups in total. The van der Waals surface area contributed by atoms with E-state index < -0.39 is 0 Å². The van der Waals surface area contributed by atoms with E-state index in [2.05, 4.69) is 22.1 Å². The Morgan fingerprint density at radius 1 is 1.33 bits per heavy atom. The minimum Gasteiger partial charge on any atom is -0.350 e. The average Bonchev–Trinajstić information content (AvgIpc) is 2.27. The molecule has 0 aromatic carbocycles. The third-order valence-electron chi connectivity index (χ3n) is 2.48. The molecule has 1 amide bonds. The average molecular weight is 249 g/mol. The van der Waals surface area contributed by atoms with Crippen molar-refractivity contribution in [3.05, 3.63) is 30.1 Å². The fourth-order valence-electron chi connectivity index (χ4n) is 1.69. The number of hydrogen-bond donors (Lipinski definition) is 1. The van der Waals surface area contributed by atoms with Crippen molar-refractivity contribution >= 4 is 5.91 Å². The second kappa shape index (κ2) is 6.50. The van der Waals surface area contributed by atoms with Gasteiger partial charge < -0.3 is 5.32 Å². The molecule has 0 saturated heterocycles. The quantitative estimate of drug-likeness (QED) is 0.865. The van der Waals surface area contributed by atoms with E-state index >= 15 is 0 Å². The van der Waals surface area contributed by atoms with Gasteiger partial charge in [0.2, 0.25) is 5.91 Å². The van der Waals surface area contributed by atoms with E-state index in [1.807, 2.05) is 32.9 Å². The summed E-state index contributed by atoms with van der Waals surface area (Å²) >= 11 is 0. The number of hydrogen-bond acceptors (Lipinski definition) is 3. The number of nitrogens with zero attached hydrogens (tertiary/aromatic N) is 2. The number of carbonyl (C=O) groups is 1. The molecule has 4 nitrogen and oxygen atoms in total. The zero-order chi connectivity index (χ0) is 13.6. The first kappa shape index (κ1) is 14.6. The van der Waals surface area contributed by atoms with Crippen molar-refractivity contribution < 1.29 is 4.79 Å². The highest BCUT2D eigenvalue weighted by Crippen LogP contribution is 2.04. The Bertz CT molecular complexity index is 370. The Morgan fingerprint density at radius 3 is 2.44 bits per heavy atom. The molecule has 18 heavy (non-hydrogen) atoms. The van der Waals surface area contributed by atoms with Crippen molar-refractivity contribution in [2.45, 2.75) is 39.8 Å². The van der Waals surface area contributed by atoms with Gasteiger partial charge in [-0.1, -0.05) is 6.92 Å². The lowest BCUT2D eigenvalue weighted by molar-refractivity contribution is -0.123. The van der Waals surface area contributed by atoms with E-state index in [0.29, 0.717) is 6.54 Å². The Balaban J connectivity index is 2.50. The highest BCUT2D eigenvalue weighted by Gasteiger charge is 2.16. The molecule has 0 fully saturated rings. The number of carbonyl (C=O) groups excluding carboxylic acids is 1. The molecule has 0 spiro atoms. The Hall–Kier alpha value is -1.42. The van der Waals surface area contributed by atoms with E-state index in [1.54, 1.807) is 12.4 Å². The zero-order valence-electron chi connectivity index (χ0n) is 11.7. The van der Waals surface area contributed by atoms with E-state index in [-0.39, 0.29) is 11.4 Å². The van der Waals surface area contributed by atoms with Crippen molar-refractivity contribution in [2.24, 2.45) is 0 Å². The van der Waals surface area contributed by atoms with Crippen molar-refractivity contribution in [3.63, 3.8) is 0 Å². The van der Waals surface area contributed by atoms with Crippen LogP contribution < -0.4 is 5.32 Å². The van der Waals surface area contributed by atoms with Gasteiger partial charge in [0.05, 0.1) is 6.54 Å². The predicted molar refractivity (Wildman–Crippen MR) is 73.1 cm³/mol. The van der Waals surface area contributed by atoms with Gasteiger partial charge in [-0.15, -0.1) is 0 Å². The molecule has 0 aliphatic heterocycles. The van der Waals surface area contributed by atoms with Gasteiger partial charge >= 0.3 is 0 Å². The van der Waals surface area contributed by atoms with E-state index in [4.69, 9.17) is 0 Å². The summed E-state index contributed by atoms with van der Waals surface area (Å²) in [6, 6.07) is 3.95. The van der Waals surface area contributed by atoms with Crippen molar-refractivity contribution in [1.82, 2.24) is 15.2 Å². The number of aromatic nitrogens is 1. The van der Waals surface area contributed by atoms with Crippen LogP contribution in [0, 0.1) is 0 Å². The molecule has 1 rings (SSSR count). The number of amides is 1. The number of pyridine rings is 1. The maximum atomic E-state index is 11.9. The lowest BCUT2D eigenvalue weighted by Crippen LogP contribution is -2.45. The molecule has 0 bridgehead atoms. The SMILES string of the molecule is CCN(CC(=O)NC(C)(C)C)Cc1ccncc1. The molecule has 1 heterocycles. The second-order valence-corrected chi connectivity index (χ2v) is 5.46. The Kier molecular flexibility index (Phi) is 5.28. The summed E-state index contributed by atoms with van der Waals surface area (Å²) < 4.78 is 0. The van der Waals surface area contributed by atoms with Crippen molar-refractivity contribution in [3.8, 4) is 0 Å². The Labute approximate surface area is 109 Å². The van der Waals surface area contributed by atoms with E-state index in [1.165, 1.54) is 5.56 Å². The van der Waals surface area contributed by atoms with Gasteiger partial charge in [0, 0.05) is 24.5 Å². The highest BCUT2D eigenvalue weighted by atomic mass is 16.2. The van der Waals surface area contributed by atoms with Crippen molar-refractivity contribution in [2.75, 3.05) is 13.1 Å². The van der Waals surface area contributed by atoms with Gasteiger partial charge in [-0.25, -0.2) is 0 Å². The first-order valence-electron chi connectivity index (χ1n) is 6.33. The first-order valence-corrected chi connectivity index (χ1v) is 6.33. The zero-order valence-corrected chi connectivity index (χ0v) is 11.7. The largest absolute Gasteiger partial charge is 0.350 e. The molecule has 100 valence electrons. The van der Waals surface area contributed by atoms with Crippen LogP contribution in [0.5, 0.6) is 0 Å². The molecule has 0 atom stereocenters. The van der Waals surface area contributed by atoms with Gasteiger partial charge in [0.25, 0.3) is 0 Å². The summed E-state index contributed by atoms with van der Waals surface area (Å²) in [6.07, 6.45) is 3.55. The van der Waals surface area contributed by atoms with Crippen molar-refractivity contribution in [1.29, 1.82) is 0 Å². The van der Waals surface area contributed by atoms with Crippen LogP contribution in [0.4, 0.5) is 0 Å². The van der Waals surface area contributed by atoms with Crippen LogP contribution in [0.15, 0.2) is 24.5 Å². The molecule has 0 unspecified atom stereocenters. The van der Waals surface area contributed by atoms with Crippen LogP contribution in [0.3, 0.4) is 0 Å². The molecule has 4 heteroatoms. The van der Waals surface area contributed by atoms with Crippen LogP contribution >= 0.6 is 0 Å². The highest BCUT2D eigenvalue weighted by molar-refractivity contribution is 5.78. The summed E-state index contributed by atoms with van der Waals surface area (Å²) in [6.45, 7) is 10.1. The van der Waals surface area contributed by atoms with Gasteiger partial charge in [-0.05, 0) is 45.0 Å². The van der Waals surface area contributed by atoms with Crippen LogP contribution in [0.2, 0.25) is 0 Å². The topological polar surface area (TPSA) is 45.2 Å². The van der Waals surface area contributed by atoms with Crippen LogP contribution in [-0.2, 0) is 11.3 Å². The van der Waals surface area contributed by atoms with Gasteiger partial charge in [0.1, 0.15) is 0 Å². The minimum atomic E-state index is -0.173. The normalized spacial score (nSPS) is 11.6. The fourth-order valence-corrected chi connectivity index (χ4v) is 1.69. The van der Waals surface area contributed by atoms with Gasteiger partial charge in [0.15, 0.2) is 0 Å². The van der Waals surface area contributed by atoms with Gasteiger partial charge in [-0.3, -0.25) is 14.7 Å².